The first-order valence-electron chi connectivity index (χ1n) is 17.3. The molecule has 0 radical (unpaired) electrons. The van der Waals surface area contributed by atoms with Gasteiger partial charge in [0.15, 0.2) is 0 Å². The standard InChI is InChI=1S/C46H34O3S2/c1-23-15-25(3)39(26(4)16-23)41-33-19-30-22-36-34(20-29(30)21-35(33)45-43(41)31-11-7-9-13-37(31)50(45)47)42(40-27(5)17-24(2)18-28(40)6)44-32-12-8-10-14-38(32)51(48,49)46(36)44/h7-22H,1-6H3. The molecule has 0 aromatic heterocycles. The van der Waals surface area contributed by atoms with E-state index in [2.05, 4.69) is 96.1 Å². The molecule has 0 bridgehead atoms. The average molecular weight is 699 g/mol. The highest BCUT2D eigenvalue weighted by Gasteiger charge is 2.43. The molecule has 2 aliphatic carbocycles. The van der Waals surface area contributed by atoms with E-state index in [1.54, 1.807) is 6.07 Å². The molecule has 6 aromatic carbocycles. The van der Waals surface area contributed by atoms with Crippen molar-refractivity contribution >= 4 is 63.5 Å². The van der Waals surface area contributed by atoms with Crippen molar-refractivity contribution in [2.45, 2.75) is 51.3 Å². The molecule has 4 aliphatic rings. The highest BCUT2D eigenvalue weighted by atomic mass is 32.2. The van der Waals surface area contributed by atoms with Crippen LogP contribution in [0.15, 0.2) is 107 Å². The van der Waals surface area contributed by atoms with Crippen molar-refractivity contribution in [2.24, 2.45) is 0 Å². The summed E-state index contributed by atoms with van der Waals surface area (Å²) in [7, 11) is -5.11. The summed E-state index contributed by atoms with van der Waals surface area (Å²) in [6.07, 6.45) is 0. The number of hydrogen-bond donors (Lipinski definition) is 0. The number of hydrogen-bond acceptors (Lipinski definition) is 3. The van der Waals surface area contributed by atoms with Crippen molar-refractivity contribution in [2.75, 3.05) is 0 Å². The van der Waals surface area contributed by atoms with Crippen LogP contribution < -0.4 is 10.4 Å². The van der Waals surface area contributed by atoms with E-state index >= 15 is 0 Å². The minimum Gasteiger partial charge on any atom is -0.249 e. The Morgan fingerprint density at radius 2 is 0.980 bits per heavy atom. The molecule has 0 saturated carbocycles. The molecule has 1 unspecified atom stereocenters. The van der Waals surface area contributed by atoms with E-state index in [9.17, 15) is 12.6 Å². The van der Waals surface area contributed by atoms with Gasteiger partial charge >= 0.3 is 0 Å². The van der Waals surface area contributed by atoms with Gasteiger partial charge in [0.25, 0.3) is 0 Å². The van der Waals surface area contributed by atoms with Gasteiger partial charge in [-0.3, -0.25) is 0 Å². The predicted molar refractivity (Wildman–Crippen MR) is 210 cm³/mol. The molecule has 5 heteroatoms. The highest BCUT2D eigenvalue weighted by molar-refractivity contribution is 8.01. The second-order valence-corrected chi connectivity index (χ2v) is 17.9. The van der Waals surface area contributed by atoms with Crippen LogP contribution in [0.5, 0.6) is 0 Å². The third kappa shape index (κ3) is 3.94. The third-order valence-corrected chi connectivity index (χ3v) is 14.7. The van der Waals surface area contributed by atoms with Gasteiger partial charge in [0.05, 0.1) is 30.4 Å². The zero-order chi connectivity index (χ0) is 35.2. The summed E-state index contributed by atoms with van der Waals surface area (Å²) in [5.74, 6) is 0. The molecule has 248 valence electrons. The van der Waals surface area contributed by atoms with Gasteiger partial charge in [-0.1, -0.05) is 71.8 Å². The number of fused-ring (bicyclic) bond motifs is 9. The van der Waals surface area contributed by atoms with Crippen LogP contribution in [0.4, 0.5) is 0 Å². The maximum Gasteiger partial charge on any atom is 0.208 e. The van der Waals surface area contributed by atoms with Crippen molar-refractivity contribution in [3.8, 4) is 0 Å². The fourth-order valence-electron chi connectivity index (χ4n) is 9.52. The molecular weight excluding hydrogens is 665 g/mol. The summed E-state index contributed by atoms with van der Waals surface area (Å²) in [5, 5.41) is 3.93. The van der Waals surface area contributed by atoms with Crippen molar-refractivity contribution in [3.63, 3.8) is 0 Å². The van der Waals surface area contributed by atoms with Gasteiger partial charge in [-0.25, -0.2) is 12.6 Å². The molecular formula is C46H34O3S2. The van der Waals surface area contributed by atoms with Gasteiger partial charge in [-0.05, 0) is 144 Å². The van der Waals surface area contributed by atoms with Crippen molar-refractivity contribution in [1.29, 1.82) is 0 Å². The zero-order valence-corrected chi connectivity index (χ0v) is 30.9. The Balaban J connectivity index is 1.36. The second kappa shape index (κ2) is 10.2. The fourth-order valence-corrected chi connectivity index (χ4v) is 13.0. The molecule has 2 aliphatic heterocycles. The topological polar surface area (TPSA) is 51.2 Å². The molecule has 2 heterocycles. The molecule has 51 heavy (non-hydrogen) atoms. The Kier molecular flexibility index (Phi) is 6.17. The highest BCUT2D eigenvalue weighted by Crippen LogP contribution is 2.54. The average Bonchev–Trinajstić information content (AvgIpc) is 3.74. The van der Waals surface area contributed by atoms with Crippen molar-refractivity contribution < 1.29 is 12.6 Å². The lowest BCUT2D eigenvalue weighted by molar-refractivity contribution is 0.606. The SMILES string of the molecule is Cc1cc(C)c(C2=c3cc4cc5c(cc4cc3C3=C2c2ccccc2S3=O)=C(c2c(C)cc(C)cc2C)C2=C5S(=O)(=O)c3ccccc32)c(C)c1. The lowest BCUT2D eigenvalue weighted by atomic mass is 9.87. The molecule has 10 rings (SSSR count). The maximum atomic E-state index is 14.5. The first-order chi connectivity index (χ1) is 24.5. The quantitative estimate of drug-likeness (QED) is 0.182. The molecule has 1 atom stereocenters. The van der Waals surface area contributed by atoms with E-state index in [4.69, 9.17) is 0 Å². The van der Waals surface area contributed by atoms with Gasteiger partial charge in [0.1, 0.15) is 0 Å². The van der Waals surface area contributed by atoms with E-state index < -0.39 is 20.6 Å². The van der Waals surface area contributed by atoms with E-state index in [1.165, 1.54) is 27.8 Å². The maximum absolute atomic E-state index is 14.5. The predicted octanol–water partition coefficient (Wildman–Crippen LogP) is 8.76. The van der Waals surface area contributed by atoms with Crippen LogP contribution in [0.25, 0.3) is 42.9 Å². The number of allylic oxidation sites excluding steroid dienone is 2. The minimum absolute atomic E-state index is 0.373. The van der Waals surface area contributed by atoms with Crippen LogP contribution in [-0.4, -0.2) is 12.6 Å². The largest absolute Gasteiger partial charge is 0.249 e. The van der Waals surface area contributed by atoms with E-state index in [1.807, 2.05) is 36.4 Å². The first-order valence-corrected chi connectivity index (χ1v) is 20.0. The minimum atomic E-state index is -3.77. The van der Waals surface area contributed by atoms with Crippen LogP contribution in [-0.2, 0) is 20.6 Å². The van der Waals surface area contributed by atoms with E-state index in [0.717, 1.165) is 92.2 Å². The van der Waals surface area contributed by atoms with Crippen LogP contribution in [0.1, 0.15) is 66.8 Å². The van der Waals surface area contributed by atoms with Crippen LogP contribution in [0.2, 0.25) is 0 Å². The van der Waals surface area contributed by atoms with Crippen molar-refractivity contribution in [3.05, 3.63) is 174 Å². The Morgan fingerprint density at radius 1 is 0.490 bits per heavy atom. The van der Waals surface area contributed by atoms with Crippen LogP contribution >= 0.6 is 0 Å². The molecule has 0 spiro atoms. The second-order valence-electron chi connectivity index (χ2n) is 14.6. The van der Waals surface area contributed by atoms with Gasteiger partial charge in [0.2, 0.25) is 9.84 Å². The summed E-state index contributed by atoms with van der Waals surface area (Å²) < 4.78 is 43.3. The van der Waals surface area contributed by atoms with Gasteiger partial charge < -0.3 is 0 Å². The lowest BCUT2D eigenvalue weighted by Crippen LogP contribution is -2.16. The molecule has 0 amide bonds. The first kappa shape index (κ1) is 30.7. The Bertz CT molecular complexity index is 3000. The van der Waals surface area contributed by atoms with Gasteiger partial charge in [-0.15, -0.1) is 0 Å². The summed E-state index contributed by atoms with van der Waals surface area (Å²) in [5.41, 5.74) is 16.7. The molecule has 0 N–H and O–H groups in total. The van der Waals surface area contributed by atoms with E-state index in [0.29, 0.717) is 9.80 Å². The Labute approximate surface area is 300 Å². The van der Waals surface area contributed by atoms with Crippen LogP contribution in [0.3, 0.4) is 0 Å². The summed E-state index contributed by atoms with van der Waals surface area (Å²) >= 11 is 0. The monoisotopic (exact) mass is 698 g/mol. The third-order valence-electron chi connectivity index (χ3n) is 11.2. The summed E-state index contributed by atoms with van der Waals surface area (Å²) in [4.78, 5) is 2.50. The summed E-state index contributed by atoms with van der Waals surface area (Å²) in [6.45, 7) is 12.8. The van der Waals surface area contributed by atoms with Gasteiger partial charge in [-0.2, -0.15) is 0 Å². The smallest absolute Gasteiger partial charge is 0.208 e. The van der Waals surface area contributed by atoms with Gasteiger partial charge in [0, 0.05) is 33.4 Å². The summed E-state index contributed by atoms with van der Waals surface area (Å²) in [6, 6.07) is 33.0. The van der Waals surface area contributed by atoms with Crippen LogP contribution in [0, 0.1) is 41.5 Å². The van der Waals surface area contributed by atoms with Crippen molar-refractivity contribution in [1.82, 2.24) is 0 Å². The normalized spacial score (nSPS) is 17.6. The Hall–Kier alpha value is -5.10. The molecule has 6 aromatic rings. The molecule has 0 fully saturated rings. The number of benzene rings is 6. The zero-order valence-electron chi connectivity index (χ0n) is 29.3. The van der Waals surface area contributed by atoms with E-state index in [-0.39, 0.29) is 0 Å². The molecule has 0 saturated heterocycles. The Morgan fingerprint density at radius 3 is 1.59 bits per heavy atom. The fraction of sp³-hybridized carbons (Fsp3) is 0.130. The molecule has 3 nitrogen and oxygen atoms in total. The lowest BCUT2D eigenvalue weighted by Gasteiger charge is -2.17. The number of aryl methyl sites for hydroxylation is 6. The number of rotatable bonds is 2. The number of sulfone groups is 1.